The maximum atomic E-state index is 13.7. The van der Waals surface area contributed by atoms with Gasteiger partial charge in [0.25, 0.3) is 5.91 Å². The molecular formula is C15H20FN3O2. The lowest BCUT2D eigenvalue weighted by atomic mass is 9.99. The summed E-state index contributed by atoms with van der Waals surface area (Å²) < 4.78 is 13.7. The summed E-state index contributed by atoms with van der Waals surface area (Å²) in [6.07, 6.45) is 2.15. The van der Waals surface area contributed by atoms with Crippen molar-refractivity contribution in [1.29, 1.82) is 0 Å². The van der Waals surface area contributed by atoms with Crippen molar-refractivity contribution in [3.05, 3.63) is 29.6 Å². The Hall–Kier alpha value is -1.95. The third-order valence-electron chi connectivity index (χ3n) is 3.48. The lowest BCUT2D eigenvalue weighted by Gasteiger charge is -2.22. The first-order chi connectivity index (χ1) is 10.1. The first-order valence-corrected chi connectivity index (χ1v) is 7.12. The molecule has 1 aliphatic heterocycles. The number of amides is 2. The average Bonchev–Trinajstić information content (AvgIpc) is 2.47. The predicted molar refractivity (Wildman–Crippen MR) is 78.6 cm³/mol. The van der Waals surface area contributed by atoms with Crippen LogP contribution in [0, 0.1) is 11.7 Å². The van der Waals surface area contributed by atoms with E-state index in [4.69, 9.17) is 0 Å². The fraction of sp³-hybridized carbons (Fsp3) is 0.467. The molecule has 1 aliphatic rings. The van der Waals surface area contributed by atoms with E-state index in [2.05, 4.69) is 16.0 Å². The van der Waals surface area contributed by atoms with E-state index in [-0.39, 0.29) is 11.5 Å². The highest BCUT2D eigenvalue weighted by atomic mass is 19.1. The Bertz CT molecular complexity index is 528. The molecule has 1 saturated heterocycles. The molecule has 0 bridgehead atoms. The number of carbonyl (C=O) groups is 2. The van der Waals surface area contributed by atoms with Gasteiger partial charge >= 0.3 is 0 Å². The monoisotopic (exact) mass is 293 g/mol. The highest BCUT2D eigenvalue weighted by Crippen LogP contribution is 2.15. The molecule has 5 nitrogen and oxygen atoms in total. The Morgan fingerprint density at radius 2 is 2.24 bits per heavy atom. The minimum atomic E-state index is -0.594. The van der Waals surface area contributed by atoms with Gasteiger partial charge < -0.3 is 16.0 Å². The van der Waals surface area contributed by atoms with Gasteiger partial charge in [0, 0.05) is 19.2 Å². The van der Waals surface area contributed by atoms with E-state index in [1.54, 1.807) is 0 Å². The maximum Gasteiger partial charge on any atom is 0.254 e. The Morgan fingerprint density at radius 1 is 1.43 bits per heavy atom. The van der Waals surface area contributed by atoms with Gasteiger partial charge in [-0.05, 0) is 50.0 Å². The van der Waals surface area contributed by atoms with Crippen molar-refractivity contribution in [3.63, 3.8) is 0 Å². The van der Waals surface area contributed by atoms with E-state index in [0.717, 1.165) is 25.9 Å². The van der Waals surface area contributed by atoms with Crippen LogP contribution in [-0.4, -0.2) is 31.4 Å². The molecular weight excluding hydrogens is 273 g/mol. The van der Waals surface area contributed by atoms with Gasteiger partial charge in [-0.1, -0.05) is 0 Å². The number of piperidine rings is 1. The molecule has 2 rings (SSSR count). The molecule has 21 heavy (non-hydrogen) atoms. The third kappa shape index (κ3) is 4.53. The van der Waals surface area contributed by atoms with E-state index < -0.39 is 11.7 Å². The molecule has 0 aliphatic carbocycles. The highest BCUT2D eigenvalue weighted by Gasteiger charge is 2.17. The first-order valence-electron chi connectivity index (χ1n) is 7.12. The van der Waals surface area contributed by atoms with Crippen molar-refractivity contribution in [2.24, 2.45) is 5.92 Å². The number of nitrogens with one attached hydrogen (secondary N) is 3. The van der Waals surface area contributed by atoms with Crippen molar-refractivity contribution in [2.45, 2.75) is 19.8 Å². The molecule has 1 atom stereocenters. The lowest BCUT2D eigenvalue weighted by Crippen LogP contribution is -2.38. The topological polar surface area (TPSA) is 70.2 Å². The molecule has 6 heteroatoms. The SMILES string of the molecule is CC(=O)Nc1ccc(F)c(C(=O)NCC2CCCNC2)c1. The molecule has 0 radical (unpaired) electrons. The number of rotatable bonds is 4. The van der Waals surface area contributed by atoms with Crippen LogP contribution in [0.5, 0.6) is 0 Å². The molecule has 3 N–H and O–H groups in total. The van der Waals surface area contributed by atoms with Gasteiger partial charge in [0.2, 0.25) is 5.91 Å². The largest absolute Gasteiger partial charge is 0.352 e. The second-order valence-corrected chi connectivity index (χ2v) is 5.30. The predicted octanol–water partition coefficient (Wildman–Crippen LogP) is 1.51. The summed E-state index contributed by atoms with van der Waals surface area (Å²) in [5, 5.41) is 8.56. The molecule has 1 fully saturated rings. The van der Waals surface area contributed by atoms with E-state index in [9.17, 15) is 14.0 Å². The van der Waals surface area contributed by atoms with Gasteiger partial charge in [-0.3, -0.25) is 9.59 Å². The van der Waals surface area contributed by atoms with Crippen LogP contribution < -0.4 is 16.0 Å². The van der Waals surface area contributed by atoms with Crippen molar-refractivity contribution >= 4 is 17.5 Å². The standard InChI is InChI=1S/C15H20FN3O2/c1-10(20)19-12-4-5-14(16)13(7-12)15(21)18-9-11-3-2-6-17-8-11/h4-5,7,11,17H,2-3,6,8-9H2,1H3,(H,18,21)(H,19,20). The van der Waals surface area contributed by atoms with Gasteiger partial charge in [0.15, 0.2) is 0 Å². The Balaban J connectivity index is 1.98. The van der Waals surface area contributed by atoms with Crippen LogP contribution >= 0.6 is 0 Å². The Kier molecular flexibility index (Phi) is 5.27. The lowest BCUT2D eigenvalue weighted by molar-refractivity contribution is -0.114. The molecule has 2 amide bonds. The molecule has 1 heterocycles. The van der Waals surface area contributed by atoms with Crippen molar-refractivity contribution in [3.8, 4) is 0 Å². The van der Waals surface area contributed by atoms with Crippen LogP contribution in [0.25, 0.3) is 0 Å². The van der Waals surface area contributed by atoms with Gasteiger partial charge in [0.05, 0.1) is 5.56 Å². The van der Waals surface area contributed by atoms with E-state index in [1.807, 2.05) is 0 Å². The fourth-order valence-electron chi connectivity index (χ4n) is 2.41. The number of carbonyl (C=O) groups excluding carboxylic acids is 2. The Labute approximate surface area is 123 Å². The molecule has 0 aromatic heterocycles. The number of hydrogen-bond donors (Lipinski definition) is 3. The highest BCUT2D eigenvalue weighted by molar-refractivity contribution is 5.97. The van der Waals surface area contributed by atoms with Crippen molar-refractivity contribution in [2.75, 3.05) is 25.0 Å². The van der Waals surface area contributed by atoms with Crippen molar-refractivity contribution in [1.82, 2.24) is 10.6 Å². The summed E-state index contributed by atoms with van der Waals surface area (Å²) in [6, 6.07) is 3.96. The molecule has 114 valence electrons. The maximum absolute atomic E-state index is 13.7. The van der Waals surface area contributed by atoms with E-state index >= 15 is 0 Å². The van der Waals surface area contributed by atoms with Crippen LogP contribution in [-0.2, 0) is 4.79 Å². The number of hydrogen-bond acceptors (Lipinski definition) is 3. The summed E-state index contributed by atoms with van der Waals surface area (Å²) in [7, 11) is 0. The first kappa shape index (κ1) is 15.4. The summed E-state index contributed by atoms with van der Waals surface area (Å²) in [6.45, 7) is 3.77. The number of anilines is 1. The van der Waals surface area contributed by atoms with Crippen LogP contribution in [0.1, 0.15) is 30.1 Å². The minimum absolute atomic E-state index is 0.0509. The molecule has 1 aromatic rings. The van der Waals surface area contributed by atoms with E-state index in [1.165, 1.54) is 25.1 Å². The molecule has 0 spiro atoms. The zero-order valence-corrected chi connectivity index (χ0v) is 12.0. The smallest absolute Gasteiger partial charge is 0.254 e. The van der Waals surface area contributed by atoms with Crippen molar-refractivity contribution < 1.29 is 14.0 Å². The second kappa shape index (κ2) is 7.17. The quantitative estimate of drug-likeness (QED) is 0.788. The van der Waals surface area contributed by atoms with Crippen LogP contribution in [0.15, 0.2) is 18.2 Å². The third-order valence-corrected chi connectivity index (χ3v) is 3.48. The van der Waals surface area contributed by atoms with Crippen LogP contribution in [0.2, 0.25) is 0 Å². The average molecular weight is 293 g/mol. The summed E-state index contributed by atoms with van der Waals surface area (Å²) in [4.78, 5) is 23.1. The molecule has 1 aromatic carbocycles. The van der Waals surface area contributed by atoms with Crippen LogP contribution in [0.3, 0.4) is 0 Å². The van der Waals surface area contributed by atoms with Gasteiger partial charge in [-0.15, -0.1) is 0 Å². The minimum Gasteiger partial charge on any atom is -0.352 e. The molecule has 0 saturated carbocycles. The van der Waals surface area contributed by atoms with Crippen LogP contribution in [0.4, 0.5) is 10.1 Å². The van der Waals surface area contributed by atoms with Gasteiger partial charge in [0.1, 0.15) is 5.82 Å². The Morgan fingerprint density at radius 3 is 2.90 bits per heavy atom. The summed E-state index contributed by atoms with van der Waals surface area (Å²) in [5.74, 6) is -0.931. The normalized spacial score (nSPS) is 18.1. The molecule has 1 unspecified atom stereocenters. The summed E-state index contributed by atoms with van der Waals surface area (Å²) in [5.41, 5.74) is 0.360. The van der Waals surface area contributed by atoms with Gasteiger partial charge in [-0.25, -0.2) is 4.39 Å². The van der Waals surface area contributed by atoms with Gasteiger partial charge in [-0.2, -0.15) is 0 Å². The summed E-state index contributed by atoms with van der Waals surface area (Å²) >= 11 is 0. The fourth-order valence-corrected chi connectivity index (χ4v) is 2.41. The zero-order chi connectivity index (χ0) is 15.2. The van der Waals surface area contributed by atoms with E-state index in [0.29, 0.717) is 18.2 Å². The number of benzene rings is 1. The number of halogens is 1. The zero-order valence-electron chi connectivity index (χ0n) is 12.0. The second-order valence-electron chi connectivity index (χ2n) is 5.30.